The molecule has 0 aromatic rings. The van der Waals surface area contributed by atoms with Crippen molar-refractivity contribution in [2.24, 2.45) is 5.29 Å². The molecule has 0 atom stereocenters. The molecule has 4 heteroatoms. The Morgan fingerprint density at radius 3 is 2.71 bits per heavy atom. The van der Waals surface area contributed by atoms with Gasteiger partial charge in [-0.25, -0.2) is 0 Å². The highest BCUT2D eigenvalue weighted by molar-refractivity contribution is 4.56. The molecule has 0 amide bonds. The third-order valence-electron chi connectivity index (χ3n) is 0.401. The van der Waals surface area contributed by atoms with Crippen molar-refractivity contribution in [2.75, 3.05) is 7.05 Å². The average molecular weight is 101 g/mol. The number of rotatable bonds is 3. The van der Waals surface area contributed by atoms with Gasteiger partial charge in [-0.15, -0.1) is 4.91 Å². The Kier molecular flexibility index (Phi) is 2.67. The predicted molar refractivity (Wildman–Crippen MR) is 26.9 cm³/mol. The molecule has 0 aliphatic rings. The molecule has 0 aliphatic heterocycles. The van der Waals surface area contributed by atoms with Gasteiger partial charge in [-0.1, -0.05) is 6.58 Å². The summed E-state index contributed by atoms with van der Waals surface area (Å²) in [6, 6.07) is 0. The van der Waals surface area contributed by atoms with Crippen molar-refractivity contribution in [3.8, 4) is 0 Å². The number of hydrogen-bond donors (Lipinski definition) is 1. The van der Waals surface area contributed by atoms with Gasteiger partial charge in [0.25, 0.3) is 0 Å². The summed E-state index contributed by atoms with van der Waals surface area (Å²) in [4.78, 5) is 9.46. The normalized spacial score (nSPS) is 7.00. The van der Waals surface area contributed by atoms with Gasteiger partial charge in [-0.3, -0.25) is 5.43 Å². The van der Waals surface area contributed by atoms with E-state index in [1.165, 1.54) is 13.2 Å². The van der Waals surface area contributed by atoms with Crippen molar-refractivity contribution in [1.29, 1.82) is 0 Å². The van der Waals surface area contributed by atoms with Gasteiger partial charge in [-0.05, 0) is 0 Å². The molecule has 4 nitrogen and oxygen atoms in total. The zero-order valence-corrected chi connectivity index (χ0v) is 4.09. The quantitative estimate of drug-likeness (QED) is 0.409. The zero-order valence-electron chi connectivity index (χ0n) is 4.09. The van der Waals surface area contributed by atoms with Crippen molar-refractivity contribution in [3.63, 3.8) is 0 Å². The maximum atomic E-state index is 9.46. The highest BCUT2D eigenvalue weighted by Crippen LogP contribution is 1.69. The topological polar surface area (TPSA) is 44.7 Å². The van der Waals surface area contributed by atoms with Crippen LogP contribution >= 0.6 is 0 Å². The van der Waals surface area contributed by atoms with Gasteiger partial charge in [-0.2, -0.15) is 5.12 Å². The van der Waals surface area contributed by atoms with Crippen molar-refractivity contribution < 1.29 is 0 Å². The molecule has 0 aliphatic carbocycles. The molecule has 7 heavy (non-hydrogen) atoms. The number of nitroso groups, excluding NO2 is 1. The first-order chi connectivity index (χ1) is 3.31. The highest BCUT2D eigenvalue weighted by Gasteiger charge is 1.79. The Morgan fingerprint density at radius 1 is 2.00 bits per heavy atom. The molecule has 40 valence electrons. The van der Waals surface area contributed by atoms with Gasteiger partial charge in [0.15, 0.2) is 0 Å². The summed E-state index contributed by atoms with van der Waals surface area (Å²) in [7, 11) is 1.48. The van der Waals surface area contributed by atoms with Crippen LogP contribution in [0.15, 0.2) is 18.1 Å². The largest absolute Gasteiger partial charge is 0.288 e. The molecule has 0 aromatic heterocycles. The van der Waals surface area contributed by atoms with E-state index in [0.29, 0.717) is 0 Å². The smallest absolute Gasteiger partial charge is 0.0728 e. The van der Waals surface area contributed by atoms with E-state index >= 15 is 0 Å². The van der Waals surface area contributed by atoms with Crippen molar-refractivity contribution in [3.05, 3.63) is 17.7 Å². The highest BCUT2D eigenvalue weighted by atomic mass is 16.3. The SMILES string of the molecule is C=CNN(C)N=O. The predicted octanol–water partition coefficient (Wildman–Crippen LogP) is 0.248. The maximum absolute atomic E-state index is 9.46. The van der Waals surface area contributed by atoms with Gasteiger partial charge < -0.3 is 0 Å². The fourth-order valence-corrected chi connectivity index (χ4v) is 0.156. The van der Waals surface area contributed by atoms with E-state index in [2.05, 4.69) is 17.3 Å². The van der Waals surface area contributed by atoms with Crippen LogP contribution in [0, 0.1) is 4.91 Å². The summed E-state index contributed by atoms with van der Waals surface area (Å²) >= 11 is 0. The Morgan fingerprint density at radius 2 is 2.57 bits per heavy atom. The number of nitrogens with one attached hydrogen (secondary N) is 1. The van der Waals surface area contributed by atoms with Crippen LogP contribution < -0.4 is 5.43 Å². The molecule has 0 heterocycles. The lowest BCUT2D eigenvalue weighted by molar-refractivity contribution is 0.288. The molecule has 0 radical (unpaired) electrons. The third kappa shape index (κ3) is 2.75. The standard InChI is InChI=1S/C3H7N3O/c1-3-4-6(2)5-7/h3-4H,1H2,2H3. The van der Waals surface area contributed by atoms with E-state index in [1.807, 2.05) is 0 Å². The van der Waals surface area contributed by atoms with Crippen LogP contribution in [0.25, 0.3) is 0 Å². The molecule has 0 bridgehead atoms. The van der Waals surface area contributed by atoms with Gasteiger partial charge in [0.1, 0.15) is 0 Å². The fourth-order valence-electron chi connectivity index (χ4n) is 0.156. The minimum absolute atomic E-state index is 1.01. The monoisotopic (exact) mass is 101 g/mol. The van der Waals surface area contributed by atoms with Gasteiger partial charge in [0.2, 0.25) is 0 Å². The van der Waals surface area contributed by atoms with Crippen LogP contribution in [0.1, 0.15) is 0 Å². The van der Waals surface area contributed by atoms with Crippen LogP contribution in [0.3, 0.4) is 0 Å². The second kappa shape index (κ2) is 3.14. The first-order valence-corrected chi connectivity index (χ1v) is 1.75. The molecule has 0 rings (SSSR count). The molecule has 0 fully saturated rings. The molecule has 0 unspecified atom stereocenters. The summed E-state index contributed by atoms with van der Waals surface area (Å²) in [6.45, 7) is 3.30. The lowest BCUT2D eigenvalue weighted by Crippen LogP contribution is -2.22. The van der Waals surface area contributed by atoms with E-state index in [4.69, 9.17) is 0 Å². The second-order valence-corrected chi connectivity index (χ2v) is 0.938. The maximum Gasteiger partial charge on any atom is 0.0728 e. The number of hydrogen-bond acceptors (Lipinski definition) is 3. The second-order valence-electron chi connectivity index (χ2n) is 0.938. The molecule has 0 aromatic carbocycles. The van der Waals surface area contributed by atoms with Gasteiger partial charge in [0, 0.05) is 6.20 Å². The van der Waals surface area contributed by atoms with Crippen molar-refractivity contribution >= 4 is 0 Å². The minimum Gasteiger partial charge on any atom is -0.288 e. The molecule has 1 N–H and O–H groups in total. The molecular weight excluding hydrogens is 94.1 g/mol. The molecule has 0 spiro atoms. The molecule has 0 saturated heterocycles. The fraction of sp³-hybridized carbons (Fsp3) is 0.333. The number of hydrazine groups is 1. The van der Waals surface area contributed by atoms with E-state index < -0.39 is 0 Å². The molecule has 0 saturated carbocycles. The van der Waals surface area contributed by atoms with Crippen LogP contribution in [0.2, 0.25) is 0 Å². The lowest BCUT2D eigenvalue weighted by Gasteiger charge is -2.03. The first-order valence-electron chi connectivity index (χ1n) is 1.75. The summed E-state index contributed by atoms with van der Waals surface area (Å²) in [5, 5.41) is 3.49. The van der Waals surface area contributed by atoms with Gasteiger partial charge >= 0.3 is 0 Å². The molecular formula is C3H7N3O. The van der Waals surface area contributed by atoms with Crippen LogP contribution in [-0.4, -0.2) is 12.2 Å². The Hall–Kier alpha value is -1.06. The Labute approximate surface area is 41.7 Å². The summed E-state index contributed by atoms with van der Waals surface area (Å²) in [5.74, 6) is 0. The average Bonchev–Trinajstić information content (AvgIpc) is 1.68. The summed E-state index contributed by atoms with van der Waals surface area (Å²) in [6.07, 6.45) is 1.36. The van der Waals surface area contributed by atoms with E-state index in [-0.39, 0.29) is 0 Å². The van der Waals surface area contributed by atoms with E-state index in [9.17, 15) is 4.91 Å². The Bertz CT molecular complexity index is 72.6. The van der Waals surface area contributed by atoms with Crippen molar-refractivity contribution in [2.45, 2.75) is 0 Å². The lowest BCUT2D eigenvalue weighted by atomic mass is 11.1. The first kappa shape index (κ1) is 5.94. The summed E-state index contributed by atoms with van der Waals surface area (Å²) < 4.78 is 0. The third-order valence-corrected chi connectivity index (χ3v) is 0.401. The van der Waals surface area contributed by atoms with Crippen LogP contribution in [-0.2, 0) is 0 Å². The Balaban J connectivity index is 3.15. The van der Waals surface area contributed by atoms with Crippen LogP contribution in [0.4, 0.5) is 0 Å². The van der Waals surface area contributed by atoms with E-state index in [0.717, 1.165) is 5.12 Å². The van der Waals surface area contributed by atoms with Crippen LogP contribution in [0.5, 0.6) is 0 Å². The van der Waals surface area contributed by atoms with Crippen molar-refractivity contribution in [1.82, 2.24) is 10.5 Å². The minimum atomic E-state index is 1.01. The van der Waals surface area contributed by atoms with E-state index in [1.54, 1.807) is 0 Å². The zero-order chi connectivity index (χ0) is 5.70. The van der Waals surface area contributed by atoms with Gasteiger partial charge in [0.05, 0.1) is 12.3 Å². The number of nitrogens with zero attached hydrogens (tertiary/aromatic N) is 2. The summed E-state index contributed by atoms with van der Waals surface area (Å²) in [5.41, 5.74) is 2.41.